The summed E-state index contributed by atoms with van der Waals surface area (Å²) in [6.45, 7) is 0. The average Bonchev–Trinajstić information content (AvgIpc) is 2.15. The van der Waals surface area contributed by atoms with Crippen molar-refractivity contribution in [2.45, 2.75) is 31.9 Å². The zero-order valence-electron chi connectivity index (χ0n) is 7.95. The topological polar surface area (TPSA) is 32.9 Å². The van der Waals surface area contributed by atoms with Gasteiger partial charge in [-0.05, 0) is 36.8 Å². The molecule has 0 amide bonds. The normalized spacial score (nSPS) is 16.2. The van der Waals surface area contributed by atoms with E-state index in [9.17, 15) is 18.0 Å². The van der Waals surface area contributed by atoms with E-state index in [2.05, 4.69) is 0 Å². The molecule has 0 saturated heterocycles. The first-order chi connectivity index (χ1) is 6.98. The largest absolute Gasteiger partial charge is 0.431 e. The molecule has 2 nitrogen and oxygen atoms in total. The number of fused-ring (bicyclic) bond motifs is 1. The molecule has 0 fully saturated rings. The molecule has 1 aliphatic carbocycles. The first kappa shape index (κ1) is 10.3. The molecule has 0 aromatic carbocycles. The van der Waals surface area contributed by atoms with Gasteiger partial charge in [-0.15, -0.1) is 0 Å². The zero-order valence-corrected chi connectivity index (χ0v) is 7.95. The fourth-order valence-electron chi connectivity index (χ4n) is 2.01. The van der Waals surface area contributed by atoms with Crippen LogP contribution in [0.3, 0.4) is 0 Å². The van der Waals surface area contributed by atoms with Gasteiger partial charge in [-0.3, -0.25) is 4.79 Å². The van der Waals surface area contributed by atoms with Crippen molar-refractivity contribution in [3.05, 3.63) is 33.2 Å². The molecular weight excluding hydrogens is 207 g/mol. The highest BCUT2D eigenvalue weighted by molar-refractivity contribution is 5.33. The third-order valence-electron chi connectivity index (χ3n) is 2.65. The Bertz CT molecular complexity index is 433. The van der Waals surface area contributed by atoms with Crippen molar-refractivity contribution in [3.63, 3.8) is 0 Å². The van der Waals surface area contributed by atoms with Gasteiger partial charge in [-0.2, -0.15) is 13.2 Å². The van der Waals surface area contributed by atoms with E-state index in [4.69, 9.17) is 0 Å². The lowest BCUT2D eigenvalue weighted by molar-refractivity contribution is -0.142. The van der Waals surface area contributed by atoms with E-state index >= 15 is 0 Å². The lowest BCUT2D eigenvalue weighted by Crippen LogP contribution is -2.22. The zero-order chi connectivity index (χ0) is 11.1. The van der Waals surface area contributed by atoms with Crippen LogP contribution in [0.1, 0.15) is 29.7 Å². The van der Waals surface area contributed by atoms with E-state index in [1.807, 2.05) is 4.98 Å². The van der Waals surface area contributed by atoms with E-state index in [0.29, 0.717) is 18.4 Å². The predicted molar refractivity (Wildman–Crippen MR) is 48.7 cm³/mol. The average molecular weight is 217 g/mol. The van der Waals surface area contributed by atoms with E-state index < -0.39 is 17.4 Å². The number of halogens is 3. The van der Waals surface area contributed by atoms with Crippen molar-refractivity contribution < 1.29 is 13.2 Å². The molecule has 82 valence electrons. The number of hydrogen-bond donors (Lipinski definition) is 1. The summed E-state index contributed by atoms with van der Waals surface area (Å²) in [5.41, 5.74) is -0.696. The first-order valence-electron chi connectivity index (χ1n) is 4.81. The first-order valence-corrected chi connectivity index (χ1v) is 4.81. The second kappa shape index (κ2) is 3.40. The Morgan fingerprint density at radius 2 is 1.87 bits per heavy atom. The van der Waals surface area contributed by atoms with Crippen molar-refractivity contribution in [3.8, 4) is 0 Å². The predicted octanol–water partition coefficient (Wildman–Crippen LogP) is 2.27. The summed E-state index contributed by atoms with van der Waals surface area (Å²) < 4.78 is 37.8. The van der Waals surface area contributed by atoms with E-state index in [1.165, 1.54) is 6.07 Å². The maximum Gasteiger partial charge on any atom is 0.431 e. The third-order valence-corrected chi connectivity index (χ3v) is 2.65. The van der Waals surface area contributed by atoms with Gasteiger partial charge in [0.2, 0.25) is 5.56 Å². The molecule has 0 aliphatic heterocycles. The van der Waals surface area contributed by atoms with Crippen LogP contribution in [0.25, 0.3) is 0 Å². The molecular formula is C10H10F3NO. The number of H-pyrrole nitrogens is 1. The minimum atomic E-state index is -4.46. The molecule has 0 spiro atoms. The van der Waals surface area contributed by atoms with Gasteiger partial charge in [0.05, 0.1) is 0 Å². The number of aromatic nitrogens is 1. The monoisotopic (exact) mass is 217 g/mol. The molecule has 1 aromatic heterocycles. The number of alkyl halides is 3. The molecule has 0 unspecified atom stereocenters. The van der Waals surface area contributed by atoms with Crippen molar-refractivity contribution in [1.29, 1.82) is 0 Å². The fraction of sp³-hybridized carbons (Fsp3) is 0.500. The Hall–Kier alpha value is -1.26. The van der Waals surface area contributed by atoms with Crippen LogP contribution in [-0.4, -0.2) is 4.98 Å². The quantitative estimate of drug-likeness (QED) is 0.710. The number of rotatable bonds is 0. The van der Waals surface area contributed by atoms with Crippen LogP contribution in [0, 0.1) is 0 Å². The Kier molecular flexibility index (Phi) is 2.32. The van der Waals surface area contributed by atoms with Crippen molar-refractivity contribution in [2.24, 2.45) is 0 Å². The van der Waals surface area contributed by atoms with Crippen LogP contribution in [0.15, 0.2) is 10.9 Å². The maximum atomic E-state index is 12.6. The van der Waals surface area contributed by atoms with Gasteiger partial charge in [-0.25, -0.2) is 0 Å². The Labute approximate surface area is 84.1 Å². The van der Waals surface area contributed by atoms with Gasteiger partial charge in [0, 0.05) is 6.07 Å². The van der Waals surface area contributed by atoms with E-state index in [-0.39, 0.29) is 5.56 Å². The number of nitrogens with one attached hydrogen (secondary N) is 1. The van der Waals surface area contributed by atoms with Crippen LogP contribution in [0.4, 0.5) is 13.2 Å². The van der Waals surface area contributed by atoms with Crippen LogP contribution in [0.2, 0.25) is 0 Å². The lowest BCUT2D eigenvalue weighted by atomic mass is 9.91. The summed E-state index contributed by atoms with van der Waals surface area (Å²) in [4.78, 5) is 12.9. The van der Waals surface area contributed by atoms with Gasteiger partial charge in [0.15, 0.2) is 0 Å². The summed E-state index contributed by atoms with van der Waals surface area (Å²) in [7, 11) is 0. The summed E-state index contributed by atoms with van der Waals surface area (Å²) in [6.07, 6.45) is -1.87. The highest BCUT2D eigenvalue weighted by Gasteiger charge is 2.36. The van der Waals surface area contributed by atoms with Crippen LogP contribution in [0.5, 0.6) is 0 Å². The molecule has 1 heterocycles. The highest BCUT2D eigenvalue weighted by Crippen LogP contribution is 2.33. The molecule has 1 aliphatic rings. The van der Waals surface area contributed by atoms with Gasteiger partial charge < -0.3 is 4.98 Å². The minimum absolute atomic E-state index is 0.272. The number of aryl methyl sites for hydroxylation is 1. The number of hydrogen-bond acceptors (Lipinski definition) is 1. The smallest absolute Gasteiger partial charge is 0.318 e. The van der Waals surface area contributed by atoms with E-state index in [0.717, 1.165) is 12.8 Å². The Morgan fingerprint density at radius 1 is 1.20 bits per heavy atom. The van der Waals surface area contributed by atoms with Gasteiger partial charge in [-0.1, -0.05) is 0 Å². The second-order valence-corrected chi connectivity index (χ2v) is 3.72. The van der Waals surface area contributed by atoms with Crippen molar-refractivity contribution in [1.82, 2.24) is 4.98 Å². The molecule has 1 aromatic rings. The molecule has 0 radical (unpaired) electrons. The minimum Gasteiger partial charge on any atom is -0.318 e. The van der Waals surface area contributed by atoms with Crippen LogP contribution < -0.4 is 5.56 Å². The van der Waals surface area contributed by atoms with Gasteiger partial charge in [0.25, 0.3) is 0 Å². The van der Waals surface area contributed by atoms with E-state index in [1.54, 1.807) is 0 Å². The molecule has 1 N–H and O–H groups in total. The summed E-state index contributed by atoms with van der Waals surface area (Å²) in [6, 6.07) is 1.28. The standard InChI is InChI=1S/C10H10F3NO/c11-10(12,13)9-7-4-2-1-3-6(7)5-8(15)14-9/h5H,1-4H2,(H,14,15). The molecule has 0 bridgehead atoms. The molecule has 15 heavy (non-hydrogen) atoms. The lowest BCUT2D eigenvalue weighted by Gasteiger charge is -2.19. The fourth-order valence-corrected chi connectivity index (χ4v) is 2.01. The van der Waals surface area contributed by atoms with Crippen molar-refractivity contribution >= 4 is 0 Å². The molecule has 2 rings (SSSR count). The van der Waals surface area contributed by atoms with Crippen LogP contribution in [-0.2, 0) is 19.0 Å². The molecule has 0 atom stereocenters. The molecule has 0 saturated carbocycles. The maximum absolute atomic E-state index is 12.6. The second-order valence-electron chi connectivity index (χ2n) is 3.72. The highest BCUT2D eigenvalue weighted by atomic mass is 19.4. The summed E-state index contributed by atoms with van der Waals surface area (Å²) in [5, 5.41) is 0. The van der Waals surface area contributed by atoms with Crippen LogP contribution >= 0.6 is 0 Å². The van der Waals surface area contributed by atoms with Gasteiger partial charge >= 0.3 is 6.18 Å². The Balaban J connectivity index is 2.63. The SMILES string of the molecule is O=c1cc2c(c(C(F)(F)F)[nH]1)CCCC2. The summed E-state index contributed by atoms with van der Waals surface area (Å²) in [5.74, 6) is 0. The number of pyridine rings is 1. The van der Waals surface area contributed by atoms with Crippen molar-refractivity contribution in [2.75, 3.05) is 0 Å². The Morgan fingerprint density at radius 3 is 2.53 bits per heavy atom. The third kappa shape index (κ3) is 1.91. The summed E-state index contributed by atoms with van der Waals surface area (Å²) >= 11 is 0. The number of aromatic amines is 1. The van der Waals surface area contributed by atoms with Gasteiger partial charge in [0.1, 0.15) is 5.69 Å². The molecule has 5 heteroatoms.